The first-order valence-corrected chi connectivity index (χ1v) is 6.21. The second kappa shape index (κ2) is 5.69. The van der Waals surface area contributed by atoms with Gasteiger partial charge in [-0.3, -0.25) is 10.1 Å². The van der Waals surface area contributed by atoms with E-state index in [1.807, 2.05) is 32.0 Å². The van der Waals surface area contributed by atoms with Crippen molar-refractivity contribution in [1.29, 1.82) is 0 Å². The topological polar surface area (TPSA) is 55.2 Å². The molecule has 0 saturated heterocycles. The quantitative estimate of drug-likeness (QED) is 0.678. The summed E-state index contributed by atoms with van der Waals surface area (Å²) in [7, 11) is 0. The maximum atomic E-state index is 13.6. The van der Waals surface area contributed by atoms with Crippen LogP contribution in [0.4, 0.5) is 15.8 Å². The molecule has 0 aliphatic rings. The summed E-state index contributed by atoms with van der Waals surface area (Å²) in [6.07, 6.45) is 0. The standard InChI is InChI=1S/C15H15FN2O2/c1-10-3-4-12(11(2)7-10)9-17-15-8-13(18(19)20)5-6-14(15)16/h3-8,17H,9H2,1-2H3. The minimum absolute atomic E-state index is 0.130. The van der Waals surface area contributed by atoms with Gasteiger partial charge in [-0.15, -0.1) is 0 Å². The van der Waals surface area contributed by atoms with Gasteiger partial charge in [-0.05, 0) is 31.0 Å². The van der Waals surface area contributed by atoms with Crippen molar-refractivity contribution in [2.45, 2.75) is 20.4 Å². The molecule has 0 saturated carbocycles. The number of hydrogen-bond donors (Lipinski definition) is 1. The molecule has 1 N–H and O–H groups in total. The van der Waals surface area contributed by atoms with Gasteiger partial charge >= 0.3 is 0 Å². The molecule has 0 atom stereocenters. The molecule has 20 heavy (non-hydrogen) atoms. The Morgan fingerprint density at radius 3 is 2.60 bits per heavy atom. The van der Waals surface area contributed by atoms with Crippen LogP contribution in [0.5, 0.6) is 0 Å². The highest BCUT2D eigenvalue weighted by atomic mass is 19.1. The molecule has 0 radical (unpaired) electrons. The van der Waals surface area contributed by atoms with Crippen LogP contribution in [0, 0.1) is 29.8 Å². The number of rotatable bonds is 4. The number of hydrogen-bond acceptors (Lipinski definition) is 3. The lowest BCUT2D eigenvalue weighted by Gasteiger charge is -2.10. The molecular weight excluding hydrogens is 259 g/mol. The first-order chi connectivity index (χ1) is 9.47. The Morgan fingerprint density at radius 2 is 1.95 bits per heavy atom. The molecule has 4 nitrogen and oxygen atoms in total. The minimum atomic E-state index is -0.540. The van der Waals surface area contributed by atoms with Gasteiger partial charge in [0, 0.05) is 18.7 Å². The van der Waals surface area contributed by atoms with Gasteiger partial charge in [0.05, 0.1) is 10.6 Å². The number of nitro benzene ring substituents is 1. The molecule has 0 aliphatic heterocycles. The number of benzene rings is 2. The van der Waals surface area contributed by atoms with Crippen molar-refractivity contribution in [3.8, 4) is 0 Å². The molecule has 104 valence electrons. The Morgan fingerprint density at radius 1 is 1.20 bits per heavy atom. The first-order valence-electron chi connectivity index (χ1n) is 6.21. The molecule has 0 spiro atoms. The smallest absolute Gasteiger partial charge is 0.271 e. The minimum Gasteiger partial charge on any atom is -0.378 e. The summed E-state index contributed by atoms with van der Waals surface area (Å²) in [6, 6.07) is 9.44. The third-order valence-corrected chi connectivity index (χ3v) is 3.13. The number of anilines is 1. The van der Waals surface area contributed by atoms with Crippen LogP contribution in [-0.4, -0.2) is 4.92 Å². The molecule has 0 bridgehead atoms. The summed E-state index contributed by atoms with van der Waals surface area (Å²) in [4.78, 5) is 10.1. The van der Waals surface area contributed by atoms with Crippen molar-refractivity contribution in [2.24, 2.45) is 0 Å². The fraction of sp³-hybridized carbons (Fsp3) is 0.200. The van der Waals surface area contributed by atoms with E-state index < -0.39 is 10.7 Å². The highest BCUT2D eigenvalue weighted by molar-refractivity contribution is 5.52. The largest absolute Gasteiger partial charge is 0.378 e. The number of aryl methyl sites for hydroxylation is 2. The predicted molar refractivity (Wildman–Crippen MR) is 76.3 cm³/mol. The van der Waals surface area contributed by atoms with Gasteiger partial charge in [-0.1, -0.05) is 23.8 Å². The average molecular weight is 274 g/mol. The molecule has 0 amide bonds. The van der Waals surface area contributed by atoms with Gasteiger partial charge in [0.25, 0.3) is 5.69 Å². The predicted octanol–water partition coefficient (Wildman–Crippen LogP) is 3.96. The van der Waals surface area contributed by atoms with Crippen LogP contribution < -0.4 is 5.32 Å². The third kappa shape index (κ3) is 3.12. The second-order valence-corrected chi connectivity index (χ2v) is 4.70. The number of non-ortho nitro benzene ring substituents is 1. The lowest BCUT2D eigenvalue weighted by Crippen LogP contribution is -2.04. The lowest BCUT2D eigenvalue weighted by molar-refractivity contribution is -0.384. The van der Waals surface area contributed by atoms with E-state index >= 15 is 0 Å². The van der Waals surface area contributed by atoms with Crippen LogP contribution in [0.25, 0.3) is 0 Å². The fourth-order valence-corrected chi connectivity index (χ4v) is 2.00. The van der Waals surface area contributed by atoms with E-state index in [2.05, 4.69) is 5.32 Å². The van der Waals surface area contributed by atoms with Crippen molar-refractivity contribution < 1.29 is 9.31 Å². The van der Waals surface area contributed by atoms with Gasteiger partial charge in [0.1, 0.15) is 5.82 Å². The number of nitro groups is 1. The lowest BCUT2D eigenvalue weighted by atomic mass is 10.1. The Kier molecular flexibility index (Phi) is 3.98. The van der Waals surface area contributed by atoms with Crippen LogP contribution in [0.2, 0.25) is 0 Å². The Balaban J connectivity index is 2.18. The zero-order chi connectivity index (χ0) is 14.7. The van der Waals surface area contributed by atoms with Gasteiger partial charge in [-0.25, -0.2) is 4.39 Å². The van der Waals surface area contributed by atoms with E-state index in [0.717, 1.165) is 28.8 Å². The van der Waals surface area contributed by atoms with Crippen LogP contribution in [0.1, 0.15) is 16.7 Å². The SMILES string of the molecule is Cc1ccc(CNc2cc([N+](=O)[O-])ccc2F)c(C)c1. The molecule has 0 unspecified atom stereocenters. The molecule has 2 rings (SSSR count). The Bertz CT molecular complexity index is 656. The van der Waals surface area contributed by atoms with Crippen molar-refractivity contribution in [1.82, 2.24) is 0 Å². The average Bonchev–Trinajstić information content (AvgIpc) is 2.39. The summed E-state index contributed by atoms with van der Waals surface area (Å²) in [6.45, 7) is 4.41. The number of nitrogens with one attached hydrogen (secondary N) is 1. The molecule has 5 heteroatoms. The monoisotopic (exact) mass is 274 g/mol. The van der Waals surface area contributed by atoms with E-state index in [-0.39, 0.29) is 11.4 Å². The van der Waals surface area contributed by atoms with E-state index in [0.29, 0.717) is 6.54 Å². The maximum Gasteiger partial charge on any atom is 0.271 e. The molecule has 2 aromatic carbocycles. The number of nitrogens with zero attached hydrogens (tertiary/aromatic N) is 1. The zero-order valence-electron chi connectivity index (χ0n) is 11.3. The highest BCUT2D eigenvalue weighted by Crippen LogP contribution is 2.22. The Hall–Kier alpha value is -2.43. The normalized spacial score (nSPS) is 10.3. The molecule has 0 fully saturated rings. The molecular formula is C15H15FN2O2. The summed E-state index contributed by atoms with van der Waals surface area (Å²) in [5.74, 6) is -0.500. The molecule has 0 heterocycles. The van der Waals surface area contributed by atoms with Crippen molar-refractivity contribution >= 4 is 11.4 Å². The summed E-state index contributed by atoms with van der Waals surface area (Å²) < 4.78 is 13.6. The van der Waals surface area contributed by atoms with E-state index in [4.69, 9.17) is 0 Å². The molecule has 0 aromatic heterocycles. The van der Waals surface area contributed by atoms with Crippen molar-refractivity contribution in [3.63, 3.8) is 0 Å². The van der Waals surface area contributed by atoms with Crippen LogP contribution in [0.15, 0.2) is 36.4 Å². The van der Waals surface area contributed by atoms with Crippen molar-refractivity contribution in [3.05, 3.63) is 69.0 Å². The van der Waals surface area contributed by atoms with E-state index in [1.165, 1.54) is 6.07 Å². The van der Waals surface area contributed by atoms with Gasteiger partial charge in [0.2, 0.25) is 0 Å². The maximum absolute atomic E-state index is 13.6. The summed E-state index contributed by atoms with van der Waals surface area (Å²) in [5.41, 5.74) is 3.30. The summed E-state index contributed by atoms with van der Waals surface area (Å²) >= 11 is 0. The van der Waals surface area contributed by atoms with Crippen molar-refractivity contribution in [2.75, 3.05) is 5.32 Å². The fourth-order valence-electron chi connectivity index (χ4n) is 2.00. The Labute approximate surface area is 116 Å². The second-order valence-electron chi connectivity index (χ2n) is 4.70. The van der Waals surface area contributed by atoms with Crippen LogP contribution in [0.3, 0.4) is 0 Å². The zero-order valence-corrected chi connectivity index (χ0v) is 11.3. The van der Waals surface area contributed by atoms with Crippen LogP contribution >= 0.6 is 0 Å². The third-order valence-electron chi connectivity index (χ3n) is 3.13. The van der Waals surface area contributed by atoms with E-state index in [9.17, 15) is 14.5 Å². The molecule has 0 aliphatic carbocycles. The summed E-state index contributed by atoms with van der Waals surface area (Å²) in [5, 5.41) is 13.6. The highest BCUT2D eigenvalue weighted by Gasteiger charge is 2.10. The molecule has 2 aromatic rings. The van der Waals surface area contributed by atoms with Crippen LogP contribution in [-0.2, 0) is 6.54 Å². The van der Waals surface area contributed by atoms with Gasteiger partial charge < -0.3 is 5.32 Å². The number of halogens is 1. The van der Waals surface area contributed by atoms with Gasteiger partial charge in [0.15, 0.2) is 0 Å². The first kappa shape index (κ1) is 14.0. The van der Waals surface area contributed by atoms with Gasteiger partial charge in [-0.2, -0.15) is 0 Å². The van der Waals surface area contributed by atoms with E-state index in [1.54, 1.807) is 0 Å².